The van der Waals surface area contributed by atoms with Crippen molar-refractivity contribution in [3.05, 3.63) is 28.8 Å². The highest BCUT2D eigenvalue weighted by Gasteiger charge is 2.20. The second-order valence-electron chi connectivity index (χ2n) is 4.17. The van der Waals surface area contributed by atoms with E-state index in [1.165, 1.54) is 0 Å². The smallest absolute Gasteiger partial charge is 0.138 e. The van der Waals surface area contributed by atoms with Crippen molar-refractivity contribution in [2.75, 3.05) is 6.61 Å². The summed E-state index contributed by atoms with van der Waals surface area (Å²) < 4.78 is 0. The predicted octanol–water partition coefficient (Wildman–Crippen LogP) is 2.30. The molecule has 0 heterocycles. The Labute approximate surface area is 101 Å². The van der Waals surface area contributed by atoms with E-state index in [4.69, 9.17) is 11.6 Å². The summed E-state index contributed by atoms with van der Waals surface area (Å²) in [5.74, 6) is 0.105. The van der Waals surface area contributed by atoms with Gasteiger partial charge in [0.1, 0.15) is 5.75 Å². The maximum atomic E-state index is 9.71. The highest BCUT2D eigenvalue weighted by Crippen LogP contribution is 2.27. The van der Waals surface area contributed by atoms with Crippen molar-refractivity contribution in [2.45, 2.75) is 32.4 Å². The van der Waals surface area contributed by atoms with Crippen molar-refractivity contribution in [1.29, 1.82) is 0 Å². The number of rotatable bonds is 5. The van der Waals surface area contributed by atoms with Crippen LogP contribution in [0.3, 0.4) is 0 Å². The van der Waals surface area contributed by atoms with E-state index in [1.807, 2.05) is 19.9 Å². The Bertz CT molecular complexity index is 351. The molecule has 1 rings (SSSR count). The van der Waals surface area contributed by atoms with E-state index in [9.17, 15) is 10.2 Å². The van der Waals surface area contributed by atoms with Crippen molar-refractivity contribution >= 4 is 11.6 Å². The maximum absolute atomic E-state index is 9.71. The molecule has 4 heteroatoms. The summed E-state index contributed by atoms with van der Waals surface area (Å²) in [5.41, 5.74) is 0.412. The van der Waals surface area contributed by atoms with E-state index in [0.717, 1.165) is 12.0 Å². The quantitative estimate of drug-likeness (QED) is 0.744. The molecule has 3 nitrogen and oxygen atoms in total. The van der Waals surface area contributed by atoms with E-state index in [2.05, 4.69) is 5.32 Å². The van der Waals surface area contributed by atoms with Crippen LogP contribution < -0.4 is 5.32 Å². The normalized spacial score (nSPS) is 14.8. The molecule has 1 aromatic carbocycles. The number of aromatic hydroxyl groups is 1. The topological polar surface area (TPSA) is 52.5 Å². The van der Waals surface area contributed by atoms with Gasteiger partial charge in [0.05, 0.1) is 11.6 Å². The van der Waals surface area contributed by atoms with Crippen LogP contribution in [0, 0.1) is 0 Å². The number of aliphatic hydroxyl groups is 1. The van der Waals surface area contributed by atoms with Crippen molar-refractivity contribution in [3.63, 3.8) is 0 Å². The van der Waals surface area contributed by atoms with E-state index in [0.29, 0.717) is 11.6 Å². The molecule has 1 atom stereocenters. The molecule has 0 fully saturated rings. The molecule has 1 unspecified atom stereocenters. The number of nitrogens with one attached hydrogen (secondary N) is 1. The van der Waals surface area contributed by atoms with E-state index >= 15 is 0 Å². The van der Waals surface area contributed by atoms with Crippen LogP contribution >= 0.6 is 11.6 Å². The molecule has 0 radical (unpaired) electrons. The lowest BCUT2D eigenvalue weighted by Crippen LogP contribution is -2.44. The first-order chi connectivity index (χ1) is 7.52. The van der Waals surface area contributed by atoms with Gasteiger partial charge in [-0.15, -0.1) is 0 Å². The molecule has 90 valence electrons. The zero-order valence-electron chi connectivity index (χ0n) is 9.63. The Morgan fingerprint density at radius 2 is 2.12 bits per heavy atom. The minimum atomic E-state index is -0.325. The van der Waals surface area contributed by atoms with Gasteiger partial charge in [0.15, 0.2) is 0 Å². The molecule has 0 bridgehead atoms. The lowest BCUT2D eigenvalue weighted by molar-refractivity contribution is 0.168. The highest BCUT2D eigenvalue weighted by molar-refractivity contribution is 6.32. The summed E-state index contributed by atoms with van der Waals surface area (Å²) in [6, 6.07) is 5.24. The second kappa shape index (κ2) is 5.53. The minimum absolute atomic E-state index is 0.0603. The van der Waals surface area contributed by atoms with Gasteiger partial charge in [0, 0.05) is 17.6 Å². The predicted molar refractivity (Wildman–Crippen MR) is 65.7 cm³/mol. The Balaban J connectivity index is 2.71. The number of phenolic OH excluding ortho intramolecular Hbond substituents is 1. The van der Waals surface area contributed by atoms with E-state index in [-0.39, 0.29) is 17.9 Å². The van der Waals surface area contributed by atoms with Crippen LogP contribution in [0.4, 0.5) is 0 Å². The minimum Gasteiger partial charge on any atom is -0.506 e. The van der Waals surface area contributed by atoms with Crippen LogP contribution in [0.1, 0.15) is 25.8 Å². The highest BCUT2D eigenvalue weighted by atomic mass is 35.5. The number of hydrogen-bond acceptors (Lipinski definition) is 3. The molecular formula is C12H18ClNO2. The lowest BCUT2D eigenvalue weighted by Gasteiger charge is -2.27. The summed E-state index contributed by atoms with van der Waals surface area (Å²) in [7, 11) is 0. The zero-order valence-corrected chi connectivity index (χ0v) is 10.4. The largest absolute Gasteiger partial charge is 0.506 e. The van der Waals surface area contributed by atoms with Crippen LogP contribution in [-0.2, 0) is 6.54 Å². The molecule has 0 spiro atoms. The number of aliphatic hydroxyl groups excluding tert-OH is 1. The van der Waals surface area contributed by atoms with Crippen LogP contribution in [0.15, 0.2) is 18.2 Å². The standard InChI is InChI=1S/C12H18ClNO2/c1-3-12(2,8-15)14-7-9-5-4-6-10(13)11(9)16/h4-6,14-16H,3,7-8H2,1-2H3. The monoisotopic (exact) mass is 243 g/mol. The van der Waals surface area contributed by atoms with Crippen molar-refractivity contribution < 1.29 is 10.2 Å². The summed E-state index contributed by atoms with van der Waals surface area (Å²) in [4.78, 5) is 0. The van der Waals surface area contributed by atoms with Gasteiger partial charge in [-0.3, -0.25) is 0 Å². The fraction of sp³-hybridized carbons (Fsp3) is 0.500. The van der Waals surface area contributed by atoms with Gasteiger partial charge < -0.3 is 15.5 Å². The van der Waals surface area contributed by atoms with Crippen LogP contribution in [0.25, 0.3) is 0 Å². The van der Waals surface area contributed by atoms with Gasteiger partial charge in [-0.2, -0.15) is 0 Å². The Hall–Kier alpha value is -0.770. The maximum Gasteiger partial charge on any atom is 0.138 e. The molecule has 0 aliphatic rings. The molecule has 16 heavy (non-hydrogen) atoms. The fourth-order valence-electron chi connectivity index (χ4n) is 1.30. The second-order valence-corrected chi connectivity index (χ2v) is 4.58. The number of hydrogen-bond donors (Lipinski definition) is 3. The molecule has 0 saturated carbocycles. The average Bonchev–Trinajstić information content (AvgIpc) is 2.31. The first-order valence-corrected chi connectivity index (χ1v) is 5.72. The van der Waals surface area contributed by atoms with Gasteiger partial charge in [0.25, 0.3) is 0 Å². The van der Waals surface area contributed by atoms with Gasteiger partial charge in [0.2, 0.25) is 0 Å². The van der Waals surface area contributed by atoms with Crippen LogP contribution in [-0.4, -0.2) is 22.4 Å². The first-order valence-electron chi connectivity index (χ1n) is 5.34. The first kappa shape index (κ1) is 13.3. The summed E-state index contributed by atoms with van der Waals surface area (Å²) in [5, 5.41) is 22.5. The van der Waals surface area contributed by atoms with E-state index < -0.39 is 0 Å². The summed E-state index contributed by atoms with van der Waals surface area (Å²) in [6.07, 6.45) is 0.810. The number of phenols is 1. The lowest BCUT2D eigenvalue weighted by atomic mass is 10.00. The van der Waals surface area contributed by atoms with Gasteiger partial charge in [-0.25, -0.2) is 0 Å². The SMILES string of the molecule is CCC(C)(CO)NCc1cccc(Cl)c1O. The average molecular weight is 244 g/mol. The molecule has 1 aromatic rings. The van der Waals surface area contributed by atoms with Crippen molar-refractivity contribution in [2.24, 2.45) is 0 Å². The Morgan fingerprint density at radius 1 is 1.44 bits per heavy atom. The molecule has 0 aliphatic heterocycles. The Kier molecular flexibility index (Phi) is 4.59. The third-order valence-corrected chi connectivity index (χ3v) is 3.21. The molecule has 0 aromatic heterocycles. The summed E-state index contributed by atoms with van der Waals surface area (Å²) >= 11 is 5.80. The molecule has 0 amide bonds. The molecular weight excluding hydrogens is 226 g/mol. The Morgan fingerprint density at radius 3 is 2.69 bits per heavy atom. The van der Waals surface area contributed by atoms with Gasteiger partial charge in [-0.05, 0) is 19.4 Å². The number of halogens is 1. The third-order valence-electron chi connectivity index (χ3n) is 2.91. The summed E-state index contributed by atoms with van der Waals surface area (Å²) in [6.45, 7) is 4.48. The molecule has 0 saturated heterocycles. The number of para-hydroxylation sites is 1. The van der Waals surface area contributed by atoms with E-state index in [1.54, 1.807) is 12.1 Å². The van der Waals surface area contributed by atoms with Gasteiger partial charge >= 0.3 is 0 Å². The van der Waals surface area contributed by atoms with Crippen LogP contribution in [0.5, 0.6) is 5.75 Å². The van der Waals surface area contributed by atoms with Crippen LogP contribution in [0.2, 0.25) is 5.02 Å². The molecule has 0 aliphatic carbocycles. The van der Waals surface area contributed by atoms with Crippen molar-refractivity contribution in [1.82, 2.24) is 5.32 Å². The fourth-order valence-corrected chi connectivity index (χ4v) is 1.50. The van der Waals surface area contributed by atoms with Crippen molar-refractivity contribution in [3.8, 4) is 5.75 Å². The zero-order chi connectivity index (χ0) is 12.2. The van der Waals surface area contributed by atoms with Gasteiger partial charge in [-0.1, -0.05) is 30.7 Å². The number of benzene rings is 1. The molecule has 3 N–H and O–H groups in total. The third kappa shape index (κ3) is 3.11.